The summed E-state index contributed by atoms with van der Waals surface area (Å²) in [5, 5.41) is 4.68. The molecule has 1 atom stereocenters. The minimum Gasteiger partial charge on any atom is -0.496 e. The Kier molecular flexibility index (Phi) is 4.14. The average molecular weight is 273 g/mol. The zero-order valence-electron chi connectivity index (χ0n) is 12.9. The number of hydrogen-bond acceptors (Lipinski definition) is 3. The molecule has 0 saturated heterocycles. The number of nitrogens with two attached hydrogens (primary N) is 1. The molecular formula is C16H23N3O. The lowest BCUT2D eigenvalue weighted by atomic mass is 10.0. The molecular weight excluding hydrogens is 250 g/mol. The topological polar surface area (TPSA) is 53.1 Å². The van der Waals surface area contributed by atoms with Crippen molar-refractivity contribution in [2.45, 2.75) is 40.2 Å². The van der Waals surface area contributed by atoms with Crippen LogP contribution in [0, 0.1) is 13.8 Å². The lowest BCUT2D eigenvalue weighted by Gasteiger charge is -2.17. The van der Waals surface area contributed by atoms with E-state index in [1.165, 1.54) is 11.3 Å². The third-order valence-corrected chi connectivity index (χ3v) is 3.74. The Morgan fingerprint density at radius 1 is 1.35 bits per heavy atom. The second-order valence-corrected chi connectivity index (χ2v) is 5.10. The molecule has 0 fully saturated rings. The van der Waals surface area contributed by atoms with Crippen molar-refractivity contribution in [1.82, 2.24) is 9.78 Å². The van der Waals surface area contributed by atoms with Crippen molar-refractivity contribution >= 4 is 0 Å². The van der Waals surface area contributed by atoms with Crippen LogP contribution in [0.25, 0.3) is 5.69 Å². The molecule has 4 heteroatoms. The van der Waals surface area contributed by atoms with Crippen molar-refractivity contribution in [3.05, 3.63) is 40.7 Å². The van der Waals surface area contributed by atoms with Crippen LogP contribution in [-0.2, 0) is 6.42 Å². The number of aryl methyl sites for hydroxylation is 1. The van der Waals surface area contributed by atoms with Crippen LogP contribution >= 0.6 is 0 Å². The van der Waals surface area contributed by atoms with Crippen LogP contribution in [0.15, 0.2) is 18.2 Å². The first-order valence-electron chi connectivity index (χ1n) is 6.99. The number of ether oxygens (including phenoxy) is 1. The maximum absolute atomic E-state index is 6.13. The van der Waals surface area contributed by atoms with Crippen LogP contribution in [0.2, 0.25) is 0 Å². The van der Waals surface area contributed by atoms with E-state index >= 15 is 0 Å². The predicted molar refractivity (Wildman–Crippen MR) is 81.6 cm³/mol. The molecule has 20 heavy (non-hydrogen) atoms. The molecule has 1 aromatic carbocycles. The summed E-state index contributed by atoms with van der Waals surface area (Å²) in [7, 11) is 1.67. The summed E-state index contributed by atoms with van der Waals surface area (Å²) in [6.45, 7) is 8.27. The Hall–Kier alpha value is -1.81. The van der Waals surface area contributed by atoms with Crippen LogP contribution in [0.3, 0.4) is 0 Å². The van der Waals surface area contributed by atoms with Gasteiger partial charge in [-0.25, -0.2) is 4.68 Å². The summed E-state index contributed by atoms with van der Waals surface area (Å²) >= 11 is 0. The highest BCUT2D eigenvalue weighted by Crippen LogP contribution is 2.31. The zero-order chi connectivity index (χ0) is 14.9. The summed E-state index contributed by atoms with van der Waals surface area (Å²) in [4.78, 5) is 0. The van der Waals surface area contributed by atoms with Gasteiger partial charge in [-0.05, 0) is 44.9 Å². The highest BCUT2D eigenvalue weighted by atomic mass is 16.5. The fourth-order valence-electron chi connectivity index (χ4n) is 2.77. The molecule has 2 N–H and O–H groups in total. The molecule has 0 aliphatic rings. The summed E-state index contributed by atoms with van der Waals surface area (Å²) < 4.78 is 7.43. The minimum atomic E-state index is -0.116. The van der Waals surface area contributed by atoms with Crippen molar-refractivity contribution in [2.24, 2.45) is 5.73 Å². The van der Waals surface area contributed by atoms with E-state index in [9.17, 15) is 0 Å². The number of rotatable bonds is 4. The van der Waals surface area contributed by atoms with E-state index in [0.29, 0.717) is 0 Å². The van der Waals surface area contributed by atoms with E-state index in [0.717, 1.165) is 29.1 Å². The molecule has 1 heterocycles. The second-order valence-electron chi connectivity index (χ2n) is 5.10. The second kappa shape index (κ2) is 5.67. The Morgan fingerprint density at radius 3 is 2.55 bits per heavy atom. The van der Waals surface area contributed by atoms with Gasteiger partial charge in [-0.1, -0.05) is 13.0 Å². The standard InChI is InChI=1S/C16H23N3O/c1-6-13-11(3)18-19(12(13)4)14-8-7-9-15(20-5)16(14)10(2)17/h7-10H,6,17H2,1-5H3. The zero-order valence-corrected chi connectivity index (χ0v) is 12.9. The molecule has 0 aliphatic carbocycles. The summed E-state index contributed by atoms with van der Waals surface area (Å²) in [5.74, 6) is 0.808. The van der Waals surface area contributed by atoms with E-state index in [1.54, 1.807) is 7.11 Å². The highest BCUT2D eigenvalue weighted by molar-refractivity contribution is 5.52. The van der Waals surface area contributed by atoms with Gasteiger partial charge in [0.05, 0.1) is 18.5 Å². The lowest BCUT2D eigenvalue weighted by Crippen LogP contribution is -2.13. The fourth-order valence-corrected chi connectivity index (χ4v) is 2.77. The van der Waals surface area contributed by atoms with Crippen LogP contribution in [0.1, 0.15) is 42.4 Å². The molecule has 108 valence electrons. The van der Waals surface area contributed by atoms with Crippen molar-refractivity contribution in [3.8, 4) is 11.4 Å². The highest BCUT2D eigenvalue weighted by Gasteiger charge is 2.18. The van der Waals surface area contributed by atoms with Crippen molar-refractivity contribution in [3.63, 3.8) is 0 Å². The van der Waals surface area contributed by atoms with Gasteiger partial charge < -0.3 is 10.5 Å². The molecule has 4 nitrogen and oxygen atoms in total. The lowest BCUT2D eigenvalue weighted by molar-refractivity contribution is 0.406. The number of hydrogen-bond donors (Lipinski definition) is 1. The smallest absolute Gasteiger partial charge is 0.125 e. The fraction of sp³-hybridized carbons (Fsp3) is 0.438. The van der Waals surface area contributed by atoms with Crippen LogP contribution in [0.4, 0.5) is 0 Å². The van der Waals surface area contributed by atoms with Gasteiger partial charge >= 0.3 is 0 Å². The number of aromatic nitrogens is 2. The van der Waals surface area contributed by atoms with Crippen molar-refractivity contribution in [1.29, 1.82) is 0 Å². The molecule has 2 rings (SSSR count). The Morgan fingerprint density at radius 2 is 2.05 bits per heavy atom. The van der Waals surface area contributed by atoms with Gasteiger partial charge in [-0.15, -0.1) is 0 Å². The van der Waals surface area contributed by atoms with E-state index in [1.807, 2.05) is 36.7 Å². The normalized spacial score (nSPS) is 12.5. The quantitative estimate of drug-likeness (QED) is 0.931. The number of nitrogens with zero attached hydrogens (tertiary/aromatic N) is 2. The van der Waals surface area contributed by atoms with Crippen LogP contribution in [0.5, 0.6) is 5.75 Å². The van der Waals surface area contributed by atoms with Crippen LogP contribution < -0.4 is 10.5 Å². The number of methoxy groups -OCH3 is 1. The largest absolute Gasteiger partial charge is 0.496 e. The molecule has 1 unspecified atom stereocenters. The molecule has 0 bridgehead atoms. The van der Waals surface area contributed by atoms with E-state index < -0.39 is 0 Å². The number of benzene rings is 1. The van der Waals surface area contributed by atoms with Crippen LogP contribution in [-0.4, -0.2) is 16.9 Å². The minimum absolute atomic E-state index is 0.116. The Labute approximate surface area is 120 Å². The molecule has 0 spiro atoms. The molecule has 0 radical (unpaired) electrons. The van der Waals surface area contributed by atoms with Gasteiger partial charge in [-0.2, -0.15) is 5.10 Å². The van der Waals surface area contributed by atoms with Gasteiger partial charge in [0.2, 0.25) is 0 Å². The van der Waals surface area contributed by atoms with Crippen molar-refractivity contribution < 1.29 is 4.74 Å². The summed E-state index contributed by atoms with van der Waals surface area (Å²) in [5.41, 5.74) is 11.7. The van der Waals surface area contributed by atoms with Gasteiger partial charge in [0.1, 0.15) is 5.75 Å². The average Bonchev–Trinajstić information content (AvgIpc) is 2.72. The first-order valence-corrected chi connectivity index (χ1v) is 6.99. The Bertz CT molecular complexity index is 614. The summed E-state index contributed by atoms with van der Waals surface area (Å²) in [6, 6.07) is 5.84. The van der Waals surface area contributed by atoms with Crippen molar-refractivity contribution in [2.75, 3.05) is 7.11 Å². The molecule has 1 aromatic heterocycles. The third-order valence-electron chi connectivity index (χ3n) is 3.74. The first-order chi connectivity index (χ1) is 9.51. The monoisotopic (exact) mass is 273 g/mol. The van der Waals surface area contributed by atoms with Gasteiger partial charge in [-0.3, -0.25) is 0 Å². The SMILES string of the molecule is CCc1c(C)nn(-c2cccc(OC)c2C(C)N)c1C. The maximum atomic E-state index is 6.13. The molecule has 2 aromatic rings. The Balaban J connectivity index is 2.70. The molecule has 0 amide bonds. The van der Waals surface area contributed by atoms with E-state index in [4.69, 9.17) is 10.5 Å². The molecule has 0 aliphatic heterocycles. The predicted octanol–water partition coefficient (Wildman–Crippen LogP) is 3.08. The third kappa shape index (κ3) is 2.31. The van der Waals surface area contributed by atoms with E-state index in [2.05, 4.69) is 18.9 Å². The van der Waals surface area contributed by atoms with Gasteiger partial charge in [0.15, 0.2) is 0 Å². The van der Waals surface area contributed by atoms with Gasteiger partial charge in [0, 0.05) is 17.3 Å². The first kappa shape index (κ1) is 14.6. The summed E-state index contributed by atoms with van der Waals surface area (Å²) in [6.07, 6.45) is 0.981. The van der Waals surface area contributed by atoms with E-state index in [-0.39, 0.29) is 6.04 Å². The van der Waals surface area contributed by atoms with Gasteiger partial charge in [0.25, 0.3) is 0 Å². The maximum Gasteiger partial charge on any atom is 0.125 e. The molecule has 0 saturated carbocycles.